The van der Waals surface area contributed by atoms with Gasteiger partial charge in [0.1, 0.15) is 0 Å². The van der Waals surface area contributed by atoms with E-state index in [1.54, 1.807) is 6.08 Å². The van der Waals surface area contributed by atoms with Gasteiger partial charge in [-0.15, -0.1) is 6.58 Å². The highest BCUT2D eigenvalue weighted by Gasteiger charge is 2.28. The summed E-state index contributed by atoms with van der Waals surface area (Å²) in [6, 6.07) is 6.07. The van der Waals surface area contributed by atoms with Crippen molar-refractivity contribution in [1.82, 2.24) is 0 Å². The molecule has 0 saturated carbocycles. The van der Waals surface area contributed by atoms with Gasteiger partial charge in [0.05, 0.1) is 5.92 Å². The van der Waals surface area contributed by atoms with Crippen molar-refractivity contribution in [2.24, 2.45) is 0 Å². The molecule has 1 amide bonds. The fourth-order valence-corrected chi connectivity index (χ4v) is 1.84. The average Bonchev–Trinajstić information content (AvgIpc) is 2.43. The number of anilines is 1. The predicted octanol–water partition coefficient (Wildman–Crippen LogP) is 2.61. The number of carbonyl (C=O) groups excluding carboxylic acids is 1. The number of allylic oxidation sites excluding steroid dienone is 1. The van der Waals surface area contributed by atoms with E-state index in [9.17, 15) is 4.79 Å². The molecule has 1 N–H and O–H groups in total. The molecule has 1 heterocycles. The van der Waals surface area contributed by atoms with Gasteiger partial charge in [0.15, 0.2) is 0 Å². The summed E-state index contributed by atoms with van der Waals surface area (Å²) < 4.78 is 0. The van der Waals surface area contributed by atoms with Crippen molar-refractivity contribution in [2.75, 3.05) is 5.32 Å². The SMILES string of the molecule is C=CCC1C(=O)Nc2cc(C)ccc21. The quantitative estimate of drug-likeness (QED) is 0.708. The van der Waals surface area contributed by atoms with Gasteiger partial charge in [0.25, 0.3) is 0 Å². The molecule has 14 heavy (non-hydrogen) atoms. The van der Waals surface area contributed by atoms with Crippen LogP contribution in [0.25, 0.3) is 0 Å². The smallest absolute Gasteiger partial charge is 0.232 e. The number of hydrogen-bond acceptors (Lipinski definition) is 1. The van der Waals surface area contributed by atoms with E-state index in [0.29, 0.717) is 6.42 Å². The molecule has 0 aromatic heterocycles. The molecule has 0 aliphatic carbocycles. The fraction of sp³-hybridized carbons (Fsp3) is 0.250. The molecule has 1 atom stereocenters. The Labute approximate surface area is 83.6 Å². The fourth-order valence-electron chi connectivity index (χ4n) is 1.84. The number of carbonyl (C=O) groups is 1. The second kappa shape index (κ2) is 3.29. The lowest BCUT2D eigenvalue weighted by molar-refractivity contribution is -0.116. The van der Waals surface area contributed by atoms with Gasteiger partial charge in [-0.2, -0.15) is 0 Å². The van der Waals surface area contributed by atoms with Crippen LogP contribution in [0.3, 0.4) is 0 Å². The van der Waals surface area contributed by atoms with Crippen LogP contribution < -0.4 is 5.32 Å². The standard InChI is InChI=1S/C12H13NO/c1-3-4-10-9-6-5-8(2)7-11(9)13-12(10)14/h3,5-7,10H,1,4H2,2H3,(H,13,14). The van der Waals surface area contributed by atoms with Crippen LogP contribution >= 0.6 is 0 Å². The largest absolute Gasteiger partial charge is 0.325 e. The van der Waals surface area contributed by atoms with Crippen LogP contribution in [0, 0.1) is 6.92 Å². The molecule has 2 heteroatoms. The minimum absolute atomic E-state index is 0.0388. The Kier molecular flexibility index (Phi) is 2.12. The lowest BCUT2D eigenvalue weighted by atomic mass is 9.96. The van der Waals surface area contributed by atoms with Gasteiger partial charge < -0.3 is 5.32 Å². The summed E-state index contributed by atoms with van der Waals surface area (Å²) in [5, 5.41) is 2.89. The molecule has 0 fully saturated rings. The van der Waals surface area contributed by atoms with Gasteiger partial charge in [-0.25, -0.2) is 0 Å². The second-order valence-corrected chi connectivity index (χ2v) is 3.66. The zero-order valence-electron chi connectivity index (χ0n) is 8.21. The molecule has 1 aromatic carbocycles. The second-order valence-electron chi connectivity index (χ2n) is 3.66. The molecular weight excluding hydrogens is 174 g/mol. The lowest BCUT2D eigenvalue weighted by Crippen LogP contribution is -2.10. The molecule has 0 spiro atoms. The normalized spacial score (nSPS) is 18.9. The molecule has 0 radical (unpaired) electrons. The van der Waals surface area contributed by atoms with Crippen molar-refractivity contribution in [1.29, 1.82) is 0 Å². The number of hydrogen-bond donors (Lipinski definition) is 1. The highest BCUT2D eigenvalue weighted by Crippen LogP contribution is 2.35. The first kappa shape index (κ1) is 9.00. The van der Waals surface area contributed by atoms with Crippen LogP contribution in [0.15, 0.2) is 30.9 Å². The lowest BCUT2D eigenvalue weighted by Gasteiger charge is -2.04. The molecule has 1 aliphatic rings. The Morgan fingerprint density at radius 2 is 2.36 bits per heavy atom. The first-order valence-electron chi connectivity index (χ1n) is 4.74. The summed E-state index contributed by atoms with van der Waals surface area (Å²) in [4.78, 5) is 11.6. The third-order valence-corrected chi connectivity index (χ3v) is 2.56. The zero-order chi connectivity index (χ0) is 10.1. The zero-order valence-corrected chi connectivity index (χ0v) is 8.21. The molecule has 0 bridgehead atoms. The van der Waals surface area contributed by atoms with Crippen LogP contribution in [0.1, 0.15) is 23.5 Å². The summed E-state index contributed by atoms with van der Waals surface area (Å²) >= 11 is 0. The molecule has 0 saturated heterocycles. The molecule has 1 aromatic rings. The number of aryl methyl sites for hydroxylation is 1. The average molecular weight is 187 g/mol. The third-order valence-electron chi connectivity index (χ3n) is 2.56. The highest BCUT2D eigenvalue weighted by molar-refractivity contribution is 6.03. The number of nitrogens with one attached hydrogen (secondary N) is 1. The summed E-state index contributed by atoms with van der Waals surface area (Å²) in [6.45, 7) is 5.69. The molecule has 2 rings (SSSR count). The van der Waals surface area contributed by atoms with Crippen molar-refractivity contribution in [3.63, 3.8) is 0 Å². The van der Waals surface area contributed by atoms with Gasteiger partial charge in [-0.1, -0.05) is 18.2 Å². The van der Waals surface area contributed by atoms with Crippen LogP contribution in [-0.2, 0) is 4.79 Å². The Hall–Kier alpha value is -1.57. The van der Waals surface area contributed by atoms with E-state index in [1.807, 2.05) is 25.1 Å². The van der Waals surface area contributed by atoms with E-state index in [1.165, 1.54) is 5.56 Å². The van der Waals surface area contributed by atoms with Crippen LogP contribution in [0.5, 0.6) is 0 Å². The van der Waals surface area contributed by atoms with E-state index in [2.05, 4.69) is 11.9 Å². The molecule has 1 unspecified atom stereocenters. The van der Waals surface area contributed by atoms with Gasteiger partial charge >= 0.3 is 0 Å². The van der Waals surface area contributed by atoms with E-state index in [4.69, 9.17) is 0 Å². The van der Waals surface area contributed by atoms with Gasteiger partial charge in [0.2, 0.25) is 5.91 Å². The van der Waals surface area contributed by atoms with Gasteiger partial charge in [-0.05, 0) is 30.5 Å². The van der Waals surface area contributed by atoms with Crippen molar-refractivity contribution in [3.05, 3.63) is 42.0 Å². The maximum Gasteiger partial charge on any atom is 0.232 e. The van der Waals surface area contributed by atoms with Crippen LogP contribution in [-0.4, -0.2) is 5.91 Å². The van der Waals surface area contributed by atoms with Gasteiger partial charge in [0, 0.05) is 5.69 Å². The summed E-state index contributed by atoms with van der Waals surface area (Å²) in [5.74, 6) is 0.0496. The van der Waals surface area contributed by atoms with Crippen molar-refractivity contribution in [3.8, 4) is 0 Å². The van der Waals surface area contributed by atoms with E-state index >= 15 is 0 Å². The number of fused-ring (bicyclic) bond motifs is 1. The van der Waals surface area contributed by atoms with Crippen molar-refractivity contribution in [2.45, 2.75) is 19.3 Å². The molecule has 2 nitrogen and oxygen atoms in total. The van der Waals surface area contributed by atoms with E-state index < -0.39 is 0 Å². The molecule has 1 aliphatic heterocycles. The Balaban J connectivity index is 2.42. The van der Waals surface area contributed by atoms with E-state index in [-0.39, 0.29) is 11.8 Å². The monoisotopic (exact) mass is 187 g/mol. The van der Waals surface area contributed by atoms with Crippen molar-refractivity contribution >= 4 is 11.6 Å². The summed E-state index contributed by atoms with van der Waals surface area (Å²) in [7, 11) is 0. The van der Waals surface area contributed by atoms with Gasteiger partial charge in [-0.3, -0.25) is 4.79 Å². The van der Waals surface area contributed by atoms with E-state index in [0.717, 1.165) is 11.3 Å². The first-order chi connectivity index (χ1) is 6.72. The summed E-state index contributed by atoms with van der Waals surface area (Å²) in [5.41, 5.74) is 3.23. The minimum Gasteiger partial charge on any atom is -0.325 e. The van der Waals surface area contributed by atoms with Crippen LogP contribution in [0.4, 0.5) is 5.69 Å². The number of amides is 1. The summed E-state index contributed by atoms with van der Waals surface area (Å²) in [6.07, 6.45) is 2.50. The third kappa shape index (κ3) is 1.33. The maximum absolute atomic E-state index is 11.6. The predicted molar refractivity (Wildman–Crippen MR) is 57.4 cm³/mol. The Bertz CT molecular complexity index is 395. The Morgan fingerprint density at radius 1 is 1.57 bits per heavy atom. The number of rotatable bonds is 2. The molecular formula is C12H13NO. The van der Waals surface area contributed by atoms with Crippen LogP contribution in [0.2, 0.25) is 0 Å². The Morgan fingerprint density at radius 3 is 3.07 bits per heavy atom. The minimum atomic E-state index is -0.0388. The maximum atomic E-state index is 11.6. The highest BCUT2D eigenvalue weighted by atomic mass is 16.2. The first-order valence-corrected chi connectivity index (χ1v) is 4.74. The number of benzene rings is 1. The van der Waals surface area contributed by atoms with Crippen molar-refractivity contribution < 1.29 is 4.79 Å². The molecule has 72 valence electrons. The topological polar surface area (TPSA) is 29.1 Å².